The minimum atomic E-state index is 0. The van der Waals surface area contributed by atoms with Gasteiger partial charge >= 0.3 is 0 Å². The number of fused-ring (bicyclic) bond motifs is 7. The van der Waals surface area contributed by atoms with Crippen molar-refractivity contribution in [3.63, 3.8) is 0 Å². The van der Waals surface area contributed by atoms with Gasteiger partial charge < -0.3 is 15.2 Å². The van der Waals surface area contributed by atoms with Crippen molar-refractivity contribution in [2.24, 2.45) is 0 Å². The Hall–Kier alpha value is -2.96. The molecule has 0 aliphatic carbocycles. The van der Waals surface area contributed by atoms with Crippen molar-refractivity contribution in [2.75, 3.05) is 14.2 Å². The number of benzene rings is 4. The summed E-state index contributed by atoms with van der Waals surface area (Å²) in [6.45, 7) is 0. The van der Waals surface area contributed by atoms with Crippen LogP contribution >= 0.6 is 22.7 Å². The summed E-state index contributed by atoms with van der Waals surface area (Å²) in [4.78, 5) is 4.63. The molecule has 0 fully saturated rings. The van der Waals surface area contributed by atoms with Gasteiger partial charge in [0.15, 0.2) is 0 Å². The molecule has 0 unspecified atom stereocenters. The molecule has 0 amide bonds. The number of rotatable bonds is 2. The average molecular weight is 699 g/mol. The summed E-state index contributed by atoms with van der Waals surface area (Å²) in [7, 11) is 2.00. The van der Waals surface area contributed by atoms with E-state index in [1.807, 2.05) is 47.1 Å². The normalized spacial score (nSPS) is 10.5. The second-order valence-corrected chi connectivity index (χ2v) is 10.0. The van der Waals surface area contributed by atoms with E-state index < -0.39 is 0 Å². The van der Waals surface area contributed by atoms with E-state index in [2.05, 4.69) is 83.8 Å². The second kappa shape index (κ2) is 12.1. The fourth-order valence-corrected chi connectivity index (χ4v) is 7.14. The van der Waals surface area contributed by atoms with Gasteiger partial charge in [0, 0.05) is 80.9 Å². The van der Waals surface area contributed by atoms with Crippen molar-refractivity contribution >= 4 is 63.0 Å². The Bertz CT molecular complexity index is 1790. The molecule has 0 bridgehead atoms. The van der Waals surface area contributed by atoms with Crippen LogP contribution in [0.5, 0.6) is 0 Å². The Morgan fingerprint density at radius 2 is 1.32 bits per heavy atom. The molecule has 37 heavy (non-hydrogen) atoms. The maximum absolute atomic E-state index is 7.00. The zero-order valence-corrected chi connectivity index (χ0v) is 24.3. The maximum Gasteiger partial charge on any atom is 0.0449 e. The van der Waals surface area contributed by atoms with Gasteiger partial charge in [-0.25, -0.2) is 0 Å². The second-order valence-electron chi connectivity index (χ2n) is 7.91. The van der Waals surface area contributed by atoms with Crippen LogP contribution in [0.2, 0.25) is 0 Å². The Balaban J connectivity index is 0.000000613. The minimum absolute atomic E-state index is 0. The van der Waals surface area contributed by atoms with E-state index >= 15 is 0 Å². The van der Waals surface area contributed by atoms with Crippen LogP contribution in [0.4, 0.5) is 0 Å². The molecule has 0 spiro atoms. The van der Waals surface area contributed by atoms with Gasteiger partial charge in [-0.1, -0.05) is 42.5 Å². The van der Waals surface area contributed by atoms with Crippen LogP contribution in [-0.4, -0.2) is 29.4 Å². The van der Waals surface area contributed by atoms with Gasteiger partial charge in [-0.2, -0.15) is 0 Å². The van der Waals surface area contributed by atoms with Crippen LogP contribution in [0.25, 0.3) is 62.7 Å². The van der Waals surface area contributed by atoms with E-state index in [-0.39, 0.29) is 20.1 Å². The standard InChI is InChI=1S/C29H16NS2.2CH4O.Ir/c1-2-8-18(9-3-1)24-16-19(14-15-30-24)22-17-23-20-10-4-6-12-25(20)31-29(23)27-21-11-5-7-13-26(21)32-28(22)27;2*1-2;/h1-8,10-17H;2*2H,1H3;/q-1;;;. The summed E-state index contributed by atoms with van der Waals surface area (Å²) in [5.74, 6) is 0. The average Bonchev–Trinajstić information content (AvgIpc) is 3.54. The molecule has 0 aliphatic rings. The summed E-state index contributed by atoms with van der Waals surface area (Å²) in [5.41, 5.74) is 4.44. The number of thiophene rings is 2. The summed E-state index contributed by atoms with van der Waals surface area (Å²) in [5, 5.41) is 19.4. The fourth-order valence-electron chi connectivity index (χ4n) is 4.58. The van der Waals surface area contributed by atoms with E-state index in [4.69, 9.17) is 10.2 Å². The first kappa shape index (κ1) is 27.1. The van der Waals surface area contributed by atoms with Gasteiger partial charge in [0.2, 0.25) is 0 Å². The molecule has 0 saturated heterocycles. The first-order valence-electron chi connectivity index (χ1n) is 11.5. The SMILES string of the molecule is CO.CO.[Ir].[c-]1ccccc1-c1cc(-c2cc3c4ccccc4sc3c3c2sc2ccccc23)ccn1. The molecule has 187 valence electrons. The zero-order chi connectivity index (χ0) is 25.1. The minimum Gasteiger partial charge on any atom is -0.400 e. The first-order chi connectivity index (χ1) is 17.9. The number of pyridine rings is 1. The number of hydrogen-bond acceptors (Lipinski definition) is 5. The van der Waals surface area contributed by atoms with Crippen LogP contribution in [-0.2, 0) is 20.1 Å². The van der Waals surface area contributed by atoms with Crippen LogP contribution in [0, 0.1) is 6.07 Å². The van der Waals surface area contributed by atoms with Crippen molar-refractivity contribution in [1.82, 2.24) is 4.98 Å². The Labute approximate surface area is 237 Å². The fraction of sp³-hybridized carbons (Fsp3) is 0.0645. The molecular formula is C31H24IrNO2S2-. The van der Waals surface area contributed by atoms with E-state index in [0.717, 1.165) is 25.5 Å². The van der Waals surface area contributed by atoms with Gasteiger partial charge in [0.05, 0.1) is 0 Å². The van der Waals surface area contributed by atoms with E-state index in [1.165, 1.54) is 51.5 Å². The number of aromatic nitrogens is 1. The molecule has 0 saturated carbocycles. The molecule has 7 rings (SSSR count). The summed E-state index contributed by atoms with van der Waals surface area (Å²) < 4.78 is 5.40. The predicted molar refractivity (Wildman–Crippen MR) is 156 cm³/mol. The Kier molecular flexibility index (Phi) is 8.83. The van der Waals surface area contributed by atoms with Gasteiger partial charge in [-0.15, -0.1) is 58.6 Å². The van der Waals surface area contributed by atoms with E-state index in [1.54, 1.807) is 0 Å². The van der Waals surface area contributed by atoms with Crippen molar-refractivity contribution in [3.05, 3.63) is 103 Å². The molecular weight excluding hydrogens is 675 g/mol. The van der Waals surface area contributed by atoms with Gasteiger partial charge in [0.25, 0.3) is 0 Å². The third-order valence-corrected chi connectivity index (χ3v) is 8.45. The van der Waals surface area contributed by atoms with E-state index in [9.17, 15) is 0 Å². The van der Waals surface area contributed by atoms with Crippen molar-refractivity contribution in [2.45, 2.75) is 0 Å². The number of hydrogen-bond donors (Lipinski definition) is 2. The first-order valence-corrected chi connectivity index (χ1v) is 13.1. The van der Waals surface area contributed by atoms with Crippen LogP contribution < -0.4 is 0 Å². The Morgan fingerprint density at radius 3 is 2.05 bits per heavy atom. The summed E-state index contributed by atoms with van der Waals surface area (Å²) >= 11 is 3.79. The molecule has 0 aliphatic heterocycles. The molecule has 3 aromatic heterocycles. The van der Waals surface area contributed by atoms with Gasteiger partial charge in [-0.05, 0) is 41.1 Å². The zero-order valence-electron chi connectivity index (χ0n) is 20.2. The van der Waals surface area contributed by atoms with Crippen molar-refractivity contribution < 1.29 is 30.3 Å². The predicted octanol–water partition coefficient (Wildman–Crippen LogP) is 8.17. The smallest absolute Gasteiger partial charge is 0.0449 e. The van der Waals surface area contributed by atoms with Gasteiger partial charge in [0.1, 0.15) is 0 Å². The number of aliphatic hydroxyl groups is 2. The molecule has 7 aromatic rings. The summed E-state index contributed by atoms with van der Waals surface area (Å²) in [6.07, 6.45) is 1.92. The van der Waals surface area contributed by atoms with Crippen molar-refractivity contribution in [3.8, 4) is 22.4 Å². The molecule has 3 heterocycles. The largest absolute Gasteiger partial charge is 0.400 e. The van der Waals surface area contributed by atoms with Crippen LogP contribution in [0.15, 0.2) is 97.2 Å². The molecule has 6 heteroatoms. The van der Waals surface area contributed by atoms with Gasteiger partial charge in [-0.3, -0.25) is 0 Å². The quantitative estimate of drug-likeness (QED) is 0.179. The Morgan fingerprint density at radius 1 is 0.676 bits per heavy atom. The molecule has 1 radical (unpaired) electrons. The van der Waals surface area contributed by atoms with Crippen LogP contribution in [0.1, 0.15) is 0 Å². The van der Waals surface area contributed by atoms with Crippen LogP contribution in [0.3, 0.4) is 0 Å². The third kappa shape index (κ3) is 4.85. The molecule has 2 N–H and O–H groups in total. The molecule has 0 atom stereocenters. The number of nitrogens with zero attached hydrogens (tertiary/aromatic N) is 1. The van der Waals surface area contributed by atoms with Crippen molar-refractivity contribution in [1.29, 1.82) is 0 Å². The van der Waals surface area contributed by atoms with E-state index in [0.29, 0.717) is 0 Å². The maximum atomic E-state index is 7.00. The molecule has 4 aromatic carbocycles. The summed E-state index contributed by atoms with van der Waals surface area (Å²) in [6, 6.07) is 35.6. The monoisotopic (exact) mass is 699 g/mol. The molecule has 3 nitrogen and oxygen atoms in total. The third-order valence-electron chi connectivity index (χ3n) is 6.05. The number of aliphatic hydroxyl groups excluding tert-OH is 2. The topological polar surface area (TPSA) is 53.4 Å².